The van der Waals surface area contributed by atoms with Gasteiger partial charge in [0.15, 0.2) is 0 Å². The summed E-state index contributed by atoms with van der Waals surface area (Å²) in [4.78, 5) is 0. The number of nitrogens with two attached hydrogens (primary N) is 1. The van der Waals surface area contributed by atoms with Gasteiger partial charge in [0.2, 0.25) is 0 Å². The lowest BCUT2D eigenvalue weighted by Crippen LogP contribution is -2.54. The minimum absolute atomic E-state index is 0.0192. The van der Waals surface area contributed by atoms with Gasteiger partial charge in [-0.15, -0.1) is 0 Å². The van der Waals surface area contributed by atoms with Gasteiger partial charge in [-0.05, 0) is 73.5 Å². The number of fused-ring (bicyclic) bond motifs is 5. The van der Waals surface area contributed by atoms with Crippen molar-refractivity contribution in [3.05, 3.63) is 23.0 Å². The summed E-state index contributed by atoms with van der Waals surface area (Å²) >= 11 is 0. The van der Waals surface area contributed by atoms with Gasteiger partial charge in [-0.2, -0.15) is 0 Å². The smallest absolute Gasteiger partial charge is 0.116 e. The molecule has 8 atom stereocenters. The summed E-state index contributed by atoms with van der Waals surface area (Å²) in [6.07, 6.45) is 4.11. The van der Waals surface area contributed by atoms with Gasteiger partial charge < -0.3 is 21.3 Å². The summed E-state index contributed by atoms with van der Waals surface area (Å²) in [7, 11) is 1.89. The number of allylic oxidation sites excluding steroid dienone is 2. The Balaban J connectivity index is 1.78. The van der Waals surface area contributed by atoms with Gasteiger partial charge in [0, 0.05) is 12.1 Å². The van der Waals surface area contributed by atoms with Gasteiger partial charge in [0.1, 0.15) is 11.9 Å². The van der Waals surface area contributed by atoms with Crippen molar-refractivity contribution in [2.45, 2.75) is 70.3 Å². The second kappa shape index (κ2) is 5.54. The lowest BCUT2D eigenvalue weighted by atomic mass is 9.50. The quantitative estimate of drug-likeness (QED) is 0.586. The molecule has 0 heterocycles. The molecule has 5 N–H and O–H groups in total. The van der Waals surface area contributed by atoms with Crippen LogP contribution in [0.2, 0.25) is 0 Å². The van der Waals surface area contributed by atoms with Crippen LogP contribution in [0.15, 0.2) is 23.0 Å². The summed E-state index contributed by atoms with van der Waals surface area (Å²) in [6, 6.07) is -0.396. The molecular formula is C20H31FN2O2. The predicted octanol–water partition coefficient (Wildman–Crippen LogP) is 2.59. The van der Waals surface area contributed by atoms with E-state index in [0.717, 1.165) is 30.4 Å². The van der Waals surface area contributed by atoms with Crippen molar-refractivity contribution >= 4 is 0 Å². The van der Waals surface area contributed by atoms with Crippen LogP contribution in [0.5, 0.6) is 0 Å². The predicted molar refractivity (Wildman–Crippen MR) is 95.7 cm³/mol. The molecule has 0 aromatic carbocycles. The number of nitrogens with one attached hydrogen (secondary N) is 1. The van der Waals surface area contributed by atoms with E-state index in [4.69, 9.17) is 5.73 Å². The Morgan fingerprint density at radius 3 is 2.72 bits per heavy atom. The zero-order valence-electron chi connectivity index (χ0n) is 15.4. The number of hydrogen-bond acceptors (Lipinski definition) is 4. The monoisotopic (exact) mass is 350 g/mol. The highest BCUT2D eigenvalue weighted by atomic mass is 19.1. The molecule has 0 spiro atoms. The van der Waals surface area contributed by atoms with E-state index < -0.39 is 18.3 Å². The van der Waals surface area contributed by atoms with Gasteiger partial charge in [-0.1, -0.05) is 19.4 Å². The molecule has 4 nitrogen and oxygen atoms in total. The highest BCUT2D eigenvalue weighted by Gasteiger charge is 2.60. The van der Waals surface area contributed by atoms with Gasteiger partial charge in [-0.3, -0.25) is 0 Å². The Morgan fingerprint density at radius 2 is 2.04 bits per heavy atom. The van der Waals surface area contributed by atoms with E-state index in [-0.39, 0.29) is 28.7 Å². The van der Waals surface area contributed by atoms with E-state index in [1.807, 2.05) is 13.1 Å². The number of alkyl halides is 1. The van der Waals surface area contributed by atoms with Crippen LogP contribution < -0.4 is 11.1 Å². The highest BCUT2D eigenvalue weighted by Crippen LogP contribution is 2.64. The van der Waals surface area contributed by atoms with Crippen molar-refractivity contribution in [2.75, 3.05) is 7.05 Å². The molecular weight excluding hydrogens is 319 g/mol. The average Bonchev–Trinajstić information content (AvgIpc) is 2.79. The molecule has 0 aromatic heterocycles. The Hall–Kier alpha value is -0.910. The first-order valence-electron chi connectivity index (χ1n) is 9.61. The first-order chi connectivity index (χ1) is 11.7. The molecule has 0 radical (unpaired) electrons. The standard InChI is InChI=1S/C20H31FN2O2/c1-19-5-4-11-17(12(19)8-13(21)18(19)22)16(25)7-10-6-15(24)14(23-3)9-20(10,11)2/h7,11-15,18,23-25H,4-6,8-9,22H2,1-3H3/t11-,12+,13?,14?,15?,18?,19+,20+/m1/s1. The molecule has 3 fully saturated rings. The molecule has 0 bridgehead atoms. The van der Waals surface area contributed by atoms with E-state index >= 15 is 0 Å². The van der Waals surface area contributed by atoms with E-state index in [1.165, 1.54) is 0 Å². The first kappa shape index (κ1) is 17.5. The molecule has 3 saturated carbocycles. The summed E-state index contributed by atoms with van der Waals surface area (Å²) in [5.41, 5.74) is 8.04. The molecule has 0 aliphatic heterocycles. The summed E-state index contributed by atoms with van der Waals surface area (Å²) in [6.45, 7) is 4.36. The van der Waals surface area contributed by atoms with Crippen molar-refractivity contribution in [1.82, 2.24) is 5.32 Å². The van der Waals surface area contributed by atoms with Crippen LogP contribution in [0.25, 0.3) is 0 Å². The van der Waals surface area contributed by atoms with Crippen LogP contribution >= 0.6 is 0 Å². The molecule has 140 valence electrons. The van der Waals surface area contributed by atoms with Gasteiger partial charge in [0.05, 0.1) is 6.10 Å². The van der Waals surface area contributed by atoms with Crippen LogP contribution in [-0.4, -0.2) is 41.6 Å². The maximum absolute atomic E-state index is 14.5. The number of aliphatic hydroxyl groups is 2. The first-order valence-corrected chi connectivity index (χ1v) is 9.61. The molecule has 0 aromatic rings. The highest BCUT2D eigenvalue weighted by molar-refractivity contribution is 5.42. The molecule has 4 aliphatic carbocycles. The number of rotatable bonds is 1. The topological polar surface area (TPSA) is 78.5 Å². The van der Waals surface area contributed by atoms with Crippen LogP contribution in [0.4, 0.5) is 4.39 Å². The molecule has 5 heteroatoms. The Labute approximate surface area is 149 Å². The lowest BCUT2D eigenvalue weighted by Gasteiger charge is -2.55. The zero-order valence-corrected chi connectivity index (χ0v) is 15.4. The minimum atomic E-state index is -0.995. The van der Waals surface area contributed by atoms with Crippen LogP contribution in [0, 0.1) is 22.7 Å². The second-order valence-corrected chi connectivity index (χ2v) is 9.23. The molecule has 0 saturated heterocycles. The van der Waals surface area contributed by atoms with Crippen LogP contribution in [0.1, 0.15) is 46.0 Å². The van der Waals surface area contributed by atoms with Crippen molar-refractivity contribution in [2.24, 2.45) is 28.4 Å². The lowest BCUT2D eigenvalue weighted by molar-refractivity contribution is 0.0286. The number of halogens is 1. The fourth-order valence-corrected chi connectivity index (χ4v) is 6.44. The molecule has 0 amide bonds. The number of aliphatic hydroxyl groups excluding tert-OH is 2. The van der Waals surface area contributed by atoms with Crippen molar-refractivity contribution in [3.8, 4) is 0 Å². The Morgan fingerprint density at radius 1 is 1.32 bits per heavy atom. The van der Waals surface area contributed by atoms with Crippen molar-refractivity contribution < 1.29 is 14.6 Å². The van der Waals surface area contributed by atoms with Crippen molar-refractivity contribution in [3.63, 3.8) is 0 Å². The van der Waals surface area contributed by atoms with Gasteiger partial charge in [-0.25, -0.2) is 4.39 Å². The third-order valence-electron chi connectivity index (χ3n) is 8.15. The average molecular weight is 350 g/mol. The summed E-state index contributed by atoms with van der Waals surface area (Å²) in [5.74, 6) is 0.544. The minimum Gasteiger partial charge on any atom is -0.508 e. The van der Waals surface area contributed by atoms with Crippen molar-refractivity contribution in [1.29, 1.82) is 0 Å². The third-order valence-corrected chi connectivity index (χ3v) is 8.15. The van der Waals surface area contributed by atoms with E-state index in [2.05, 4.69) is 19.2 Å². The molecule has 4 aliphatic rings. The van der Waals surface area contributed by atoms with Crippen LogP contribution in [0.3, 0.4) is 0 Å². The van der Waals surface area contributed by atoms with Gasteiger partial charge in [0.25, 0.3) is 0 Å². The van der Waals surface area contributed by atoms with E-state index in [1.54, 1.807) is 0 Å². The SMILES string of the molecule is CNC1C[C@@]2(C)C(=CC(O)=C3[C@H]2CC[C@]2(C)C(N)C(F)C[C@@H]32)CC1O. The van der Waals surface area contributed by atoms with Gasteiger partial charge >= 0.3 is 0 Å². The Bertz CT molecular complexity index is 648. The summed E-state index contributed by atoms with van der Waals surface area (Å²) in [5, 5.41) is 24.5. The molecule has 25 heavy (non-hydrogen) atoms. The fourth-order valence-electron chi connectivity index (χ4n) is 6.44. The number of likely N-dealkylation sites (N-methyl/N-ethyl adjacent to an activating group) is 1. The Kier molecular flexibility index (Phi) is 3.88. The summed E-state index contributed by atoms with van der Waals surface area (Å²) < 4.78 is 14.5. The normalized spacial score (nSPS) is 52.3. The maximum Gasteiger partial charge on any atom is 0.116 e. The molecule has 4 unspecified atom stereocenters. The van der Waals surface area contributed by atoms with Crippen LogP contribution in [-0.2, 0) is 0 Å². The second-order valence-electron chi connectivity index (χ2n) is 9.23. The number of hydrogen-bond donors (Lipinski definition) is 4. The fraction of sp³-hybridized carbons (Fsp3) is 0.800. The molecule has 4 rings (SSSR count). The largest absolute Gasteiger partial charge is 0.508 e. The van der Waals surface area contributed by atoms with E-state index in [0.29, 0.717) is 18.6 Å². The third kappa shape index (κ3) is 2.22. The zero-order chi connectivity index (χ0) is 18.1. The maximum atomic E-state index is 14.5. The van der Waals surface area contributed by atoms with E-state index in [9.17, 15) is 14.6 Å².